The first kappa shape index (κ1) is 13.3. The molecule has 0 saturated heterocycles. The minimum Gasteiger partial charge on any atom is -0.381 e. The van der Waals surface area contributed by atoms with Crippen molar-refractivity contribution in [3.8, 4) is 0 Å². The van der Waals surface area contributed by atoms with Gasteiger partial charge >= 0.3 is 0 Å². The number of nitrogens with one attached hydrogen (secondary N) is 1. The van der Waals surface area contributed by atoms with Gasteiger partial charge in [0.25, 0.3) is 0 Å². The fourth-order valence-electron chi connectivity index (χ4n) is 3.36. The van der Waals surface area contributed by atoms with Crippen molar-refractivity contribution in [3.63, 3.8) is 0 Å². The quantitative estimate of drug-likeness (QED) is 0.819. The lowest BCUT2D eigenvalue weighted by molar-refractivity contribution is -0.103. The predicted octanol–water partition coefficient (Wildman–Crippen LogP) is 2.35. The van der Waals surface area contributed by atoms with E-state index >= 15 is 0 Å². The molecule has 0 spiro atoms. The van der Waals surface area contributed by atoms with Crippen LogP contribution in [0, 0.1) is 5.41 Å². The van der Waals surface area contributed by atoms with Crippen LogP contribution < -0.4 is 5.32 Å². The van der Waals surface area contributed by atoms with Gasteiger partial charge in [-0.3, -0.25) is 0 Å². The standard InChI is InChI=1S/C14H27NO2/c1-14(2)12(9-13(14)17-4)15-10-6-5-7-11(8-10)16-3/h10-13,15H,5-9H2,1-4H3. The number of hydrogen-bond acceptors (Lipinski definition) is 3. The van der Waals surface area contributed by atoms with Crippen LogP contribution >= 0.6 is 0 Å². The fourth-order valence-corrected chi connectivity index (χ4v) is 3.36. The maximum Gasteiger partial charge on any atom is 0.0652 e. The first-order valence-corrected chi connectivity index (χ1v) is 6.89. The molecule has 0 bridgehead atoms. The molecule has 0 radical (unpaired) electrons. The average Bonchev–Trinajstić information content (AvgIpc) is 2.34. The van der Waals surface area contributed by atoms with Crippen LogP contribution in [0.3, 0.4) is 0 Å². The summed E-state index contributed by atoms with van der Waals surface area (Å²) in [7, 11) is 3.66. The van der Waals surface area contributed by atoms with E-state index in [-0.39, 0.29) is 5.41 Å². The molecule has 3 heteroatoms. The number of methoxy groups -OCH3 is 2. The van der Waals surface area contributed by atoms with E-state index in [9.17, 15) is 0 Å². The van der Waals surface area contributed by atoms with E-state index in [2.05, 4.69) is 19.2 Å². The van der Waals surface area contributed by atoms with E-state index in [0.29, 0.717) is 24.3 Å². The number of ether oxygens (including phenoxy) is 2. The Kier molecular flexibility index (Phi) is 4.11. The summed E-state index contributed by atoms with van der Waals surface area (Å²) in [5, 5.41) is 3.81. The van der Waals surface area contributed by atoms with E-state index < -0.39 is 0 Å². The van der Waals surface area contributed by atoms with Crippen molar-refractivity contribution >= 4 is 0 Å². The Morgan fingerprint density at radius 2 is 1.82 bits per heavy atom. The molecule has 3 nitrogen and oxygen atoms in total. The molecule has 1 N–H and O–H groups in total. The fraction of sp³-hybridized carbons (Fsp3) is 1.00. The molecule has 2 aliphatic rings. The lowest BCUT2D eigenvalue weighted by atomic mass is 9.64. The summed E-state index contributed by atoms with van der Waals surface area (Å²) >= 11 is 0. The Bertz CT molecular complexity index is 255. The summed E-state index contributed by atoms with van der Waals surface area (Å²) in [6.07, 6.45) is 7.01. The lowest BCUT2D eigenvalue weighted by Gasteiger charge is -2.53. The van der Waals surface area contributed by atoms with Crippen molar-refractivity contribution in [2.45, 2.75) is 70.2 Å². The van der Waals surface area contributed by atoms with Crippen molar-refractivity contribution in [1.29, 1.82) is 0 Å². The Morgan fingerprint density at radius 1 is 1.06 bits per heavy atom. The third kappa shape index (κ3) is 2.67. The second-order valence-corrected chi connectivity index (χ2v) is 6.22. The molecule has 17 heavy (non-hydrogen) atoms. The first-order valence-electron chi connectivity index (χ1n) is 6.89. The van der Waals surface area contributed by atoms with Crippen molar-refractivity contribution < 1.29 is 9.47 Å². The van der Waals surface area contributed by atoms with Crippen LogP contribution in [-0.2, 0) is 9.47 Å². The largest absolute Gasteiger partial charge is 0.381 e. The zero-order valence-corrected chi connectivity index (χ0v) is 11.7. The van der Waals surface area contributed by atoms with Crippen LogP contribution in [0.5, 0.6) is 0 Å². The van der Waals surface area contributed by atoms with Crippen molar-refractivity contribution in [2.75, 3.05) is 14.2 Å². The van der Waals surface area contributed by atoms with Gasteiger partial charge in [-0.05, 0) is 32.1 Å². The lowest BCUT2D eigenvalue weighted by Crippen LogP contribution is -2.63. The molecule has 2 fully saturated rings. The van der Waals surface area contributed by atoms with Gasteiger partial charge in [0.15, 0.2) is 0 Å². The Morgan fingerprint density at radius 3 is 2.41 bits per heavy atom. The monoisotopic (exact) mass is 241 g/mol. The van der Waals surface area contributed by atoms with Crippen LogP contribution in [0.15, 0.2) is 0 Å². The Hall–Kier alpha value is -0.120. The van der Waals surface area contributed by atoms with Gasteiger partial charge in [-0.1, -0.05) is 13.8 Å². The summed E-state index contributed by atoms with van der Waals surface area (Å²) in [4.78, 5) is 0. The zero-order chi connectivity index (χ0) is 12.5. The molecule has 0 aromatic carbocycles. The van der Waals surface area contributed by atoms with Gasteiger partial charge in [0.1, 0.15) is 0 Å². The van der Waals surface area contributed by atoms with E-state index in [1.54, 1.807) is 0 Å². The molecule has 2 aliphatic carbocycles. The van der Waals surface area contributed by atoms with E-state index in [1.165, 1.54) is 25.7 Å². The van der Waals surface area contributed by atoms with Crippen LogP contribution in [0.4, 0.5) is 0 Å². The molecule has 100 valence electrons. The normalized spacial score (nSPS) is 40.9. The predicted molar refractivity (Wildman–Crippen MR) is 69.2 cm³/mol. The third-order valence-corrected chi connectivity index (χ3v) is 4.86. The van der Waals surface area contributed by atoms with Gasteiger partial charge in [0, 0.05) is 31.7 Å². The Labute approximate surface area is 105 Å². The van der Waals surface area contributed by atoms with Crippen molar-refractivity contribution in [2.24, 2.45) is 5.41 Å². The highest BCUT2D eigenvalue weighted by Crippen LogP contribution is 2.43. The SMILES string of the molecule is COC1CCCC(NC2CC(OC)C2(C)C)C1. The summed E-state index contributed by atoms with van der Waals surface area (Å²) in [5.41, 5.74) is 0.273. The highest BCUT2D eigenvalue weighted by molar-refractivity contribution is 5.03. The zero-order valence-electron chi connectivity index (χ0n) is 11.7. The summed E-state index contributed by atoms with van der Waals surface area (Å²) in [6.45, 7) is 4.61. The highest BCUT2D eigenvalue weighted by atomic mass is 16.5. The van der Waals surface area contributed by atoms with Gasteiger partial charge in [-0.25, -0.2) is 0 Å². The molecule has 0 aromatic heterocycles. The molecular formula is C14H27NO2. The number of rotatable bonds is 4. The van der Waals surface area contributed by atoms with Crippen LogP contribution in [-0.4, -0.2) is 38.5 Å². The van der Waals surface area contributed by atoms with Crippen LogP contribution in [0.2, 0.25) is 0 Å². The van der Waals surface area contributed by atoms with E-state index in [1.807, 2.05) is 14.2 Å². The topological polar surface area (TPSA) is 30.5 Å². The molecule has 0 heterocycles. The van der Waals surface area contributed by atoms with Crippen LogP contribution in [0.1, 0.15) is 46.0 Å². The molecule has 4 atom stereocenters. The minimum absolute atomic E-state index is 0.273. The van der Waals surface area contributed by atoms with E-state index in [4.69, 9.17) is 9.47 Å². The molecule has 0 aliphatic heterocycles. The second-order valence-electron chi connectivity index (χ2n) is 6.22. The van der Waals surface area contributed by atoms with Gasteiger partial charge in [-0.15, -0.1) is 0 Å². The number of hydrogen-bond donors (Lipinski definition) is 1. The molecular weight excluding hydrogens is 214 g/mol. The molecule has 2 saturated carbocycles. The maximum absolute atomic E-state index is 5.50. The van der Waals surface area contributed by atoms with E-state index in [0.717, 1.165) is 6.42 Å². The molecule has 0 amide bonds. The third-order valence-electron chi connectivity index (χ3n) is 4.86. The van der Waals surface area contributed by atoms with Gasteiger partial charge in [-0.2, -0.15) is 0 Å². The van der Waals surface area contributed by atoms with Gasteiger partial charge in [0.05, 0.1) is 12.2 Å². The maximum atomic E-state index is 5.50. The first-order chi connectivity index (χ1) is 8.07. The van der Waals surface area contributed by atoms with Gasteiger partial charge in [0.2, 0.25) is 0 Å². The molecule has 0 aromatic rings. The summed E-state index contributed by atoms with van der Waals surface area (Å²) in [6, 6.07) is 1.24. The van der Waals surface area contributed by atoms with Crippen molar-refractivity contribution in [1.82, 2.24) is 5.32 Å². The van der Waals surface area contributed by atoms with Crippen LogP contribution in [0.25, 0.3) is 0 Å². The smallest absolute Gasteiger partial charge is 0.0652 e. The second kappa shape index (κ2) is 5.25. The summed E-state index contributed by atoms with van der Waals surface area (Å²) < 4.78 is 11.0. The minimum atomic E-state index is 0.273. The summed E-state index contributed by atoms with van der Waals surface area (Å²) in [5.74, 6) is 0. The molecule has 2 rings (SSSR count). The average molecular weight is 241 g/mol. The highest BCUT2D eigenvalue weighted by Gasteiger charge is 2.49. The molecule has 4 unspecified atom stereocenters. The Balaban J connectivity index is 1.82. The van der Waals surface area contributed by atoms with Gasteiger partial charge < -0.3 is 14.8 Å². The van der Waals surface area contributed by atoms with Crippen molar-refractivity contribution in [3.05, 3.63) is 0 Å².